The Kier molecular flexibility index (Phi) is 6.02. The summed E-state index contributed by atoms with van der Waals surface area (Å²) in [5.41, 5.74) is 1.40. The molecule has 0 unspecified atom stereocenters. The van der Waals surface area contributed by atoms with Gasteiger partial charge in [-0.05, 0) is 29.8 Å². The summed E-state index contributed by atoms with van der Waals surface area (Å²) in [6.45, 7) is 9.80. The molecule has 0 spiro atoms. The molecule has 144 valence electrons. The molecule has 4 rings (SSSR count). The van der Waals surface area contributed by atoms with Crippen molar-refractivity contribution in [2.24, 2.45) is 0 Å². The fourth-order valence-corrected chi connectivity index (χ4v) is 3.78. The maximum atomic E-state index is 12.9. The molecular weight excluding hydrogens is 341 g/mol. The van der Waals surface area contributed by atoms with Crippen molar-refractivity contribution in [3.05, 3.63) is 66.0 Å². The van der Waals surface area contributed by atoms with Crippen molar-refractivity contribution in [2.75, 3.05) is 52.4 Å². The van der Waals surface area contributed by atoms with Crippen molar-refractivity contribution in [3.8, 4) is 5.75 Å². The van der Waals surface area contributed by atoms with E-state index in [9.17, 15) is 4.39 Å². The number of likely N-dealkylation sites (tertiary alicyclic amines) is 1. The van der Waals surface area contributed by atoms with Crippen LogP contribution in [0.3, 0.4) is 0 Å². The van der Waals surface area contributed by atoms with Gasteiger partial charge in [-0.2, -0.15) is 0 Å². The molecule has 0 amide bonds. The Morgan fingerprint density at radius 3 is 2.11 bits per heavy atom. The van der Waals surface area contributed by atoms with E-state index in [0.29, 0.717) is 0 Å². The Labute approximate surface area is 161 Å². The van der Waals surface area contributed by atoms with Gasteiger partial charge in [-0.25, -0.2) is 4.39 Å². The minimum Gasteiger partial charge on any atom is -0.488 e. The van der Waals surface area contributed by atoms with E-state index in [2.05, 4.69) is 45.0 Å². The zero-order chi connectivity index (χ0) is 18.5. The number of nitrogens with zero attached hydrogens (tertiary/aromatic N) is 3. The number of hydrogen-bond donors (Lipinski definition) is 0. The summed E-state index contributed by atoms with van der Waals surface area (Å²) in [5, 5.41) is 0. The number of halogens is 1. The molecule has 0 aromatic heterocycles. The Balaban J connectivity index is 1.10. The second kappa shape index (κ2) is 8.83. The average molecular weight is 369 g/mol. The van der Waals surface area contributed by atoms with Gasteiger partial charge >= 0.3 is 0 Å². The van der Waals surface area contributed by atoms with Crippen molar-refractivity contribution < 1.29 is 9.13 Å². The van der Waals surface area contributed by atoms with Gasteiger partial charge < -0.3 is 4.74 Å². The summed E-state index contributed by atoms with van der Waals surface area (Å²) in [5.74, 6) is 0.539. The molecule has 0 saturated carbocycles. The topological polar surface area (TPSA) is 19.0 Å². The van der Waals surface area contributed by atoms with Crippen LogP contribution >= 0.6 is 0 Å². The summed E-state index contributed by atoms with van der Waals surface area (Å²) < 4.78 is 18.8. The Hall–Kier alpha value is -1.95. The molecule has 0 radical (unpaired) electrons. The Morgan fingerprint density at radius 2 is 1.41 bits per heavy atom. The quantitative estimate of drug-likeness (QED) is 0.747. The van der Waals surface area contributed by atoms with E-state index in [1.807, 2.05) is 0 Å². The molecule has 0 N–H and O–H groups in total. The largest absolute Gasteiger partial charge is 0.488 e. The summed E-state index contributed by atoms with van der Waals surface area (Å²) in [4.78, 5) is 7.54. The molecular formula is C22H28FN3O. The van der Waals surface area contributed by atoms with E-state index in [0.717, 1.165) is 64.7 Å². The van der Waals surface area contributed by atoms with Gasteiger partial charge in [0.05, 0.1) is 0 Å². The first-order chi connectivity index (χ1) is 13.2. The van der Waals surface area contributed by atoms with Crippen molar-refractivity contribution in [3.63, 3.8) is 0 Å². The average Bonchev–Trinajstić information content (AvgIpc) is 2.67. The summed E-state index contributed by atoms with van der Waals surface area (Å²) in [6, 6.07) is 17.0. The monoisotopic (exact) mass is 369 g/mol. The predicted molar refractivity (Wildman–Crippen MR) is 105 cm³/mol. The Bertz CT molecular complexity index is 695. The zero-order valence-electron chi connectivity index (χ0n) is 15.8. The maximum absolute atomic E-state index is 12.9. The second-order valence-corrected chi connectivity index (χ2v) is 7.56. The number of benzene rings is 2. The third-order valence-corrected chi connectivity index (χ3v) is 5.49. The van der Waals surface area contributed by atoms with E-state index < -0.39 is 0 Å². The van der Waals surface area contributed by atoms with Gasteiger partial charge in [0.25, 0.3) is 0 Å². The lowest BCUT2D eigenvalue weighted by Gasteiger charge is -2.41. The summed E-state index contributed by atoms with van der Waals surface area (Å²) in [7, 11) is 0. The molecule has 2 heterocycles. The Morgan fingerprint density at radius 1 is 0.778 bits per heavy atom. The van der Waals surface area contributed by atoms with Gasteiger partial charge in [-0.3, -0.25) is 14.7 Å². The molecule has 2 aromatic carbocycles. The molecule has 2 fully saturated rings. The third-order valence-electron chi connectivity index (χ3n) is 5.49. The molecule has 2 aliphatic rings. The van der Waals surface area contributed by atoms with E-state index >= 15 is 0 Å². The SMILES string of the molecule is Fc1ccc(OC2CN(CCN3CCN(Cc4ccccc4)CC3)C2)cc1. The lowest BCUT2D eigenvalue weighted by atomic mass is 10.1. The van der Waals surface area contributed by atoms with Crippen LogP contribution < -0.4 is 4.74 Å². The molecule has 27 heavy (non-hydrogen) atoms. The summed E-state index contributed by atoms with van der Waals surface area (Å²) >= 11 is 0. The fraction of sp³-hybridized carbons (Fsp3) is 0.455. The number of ether oxygens (including phenoxy) is 1. The van der Waals surface area contributed by atoms with Crippen LogP contribution in [-0.4, -0.2) is 73.2 Å². The van der Waals surface area contributed by atoms with Gasteiger partial charge in [-0.1, -0.05) is 30.3 Å². The van der Waals surface area contributed by atoms with Crippen LogP contribution in [-0.2, 0) is 6.54 Å². The van der Waals surface area contributed by atoms with Crippen LogP contribution in [0.1, 0.15) is 5.56 Å². The zero-order valence-corrected chi connectivity index (χ0v) is 15.8. The molecule has 5 heteroatoms. The number of rotatable bonds is 7. The van der Waals surface area contributed by atoms with Crippen LogP contribution in [0.4, 0.5) is 4.39 Å². The molecule has 2 aromatic rings. The van der Waals surface area contributed by atoms with E-state index in [-0.39, 0.29) is 11.9 Å². The van der Waals surface area contributed by atoms with Crippen molar-refractivity contribution in [2.45, 2.75) is 12.6 Å². The van der Waals surface area contributed by atoms with Crippen LogP contribution in [0.15, 0.2) is 54.6 Å². The fourth-order valence-electron chi connectivity index (χ4n) is 3.78. The van der Waals surface area contributed by atoms with Gasteiger partial charge in [-0.15, -0.1) is 0 Å². The lowest BCUT2D eigenvalue weighted by Crippen LogP contribution is -2.56. The third kappa shape index (κ3) is 5.28. The van der Waals surface area contributed by atoms with E-state index in [1.54, 1.807) is 12.1 Å². The van der Waals surface area contributed by atoms with Gasteiger partial charge in [0.15, 0.2) is 0 Å². The highest BCUT2D eigenvalue weighted by Gasteiger charge is 2.28. The number of hydrogen-bond acceptors (Lipinski definition) is 4. The minimum atomic E-state index is -0.221. The molecule has 2 aliphatic heterocycles. The highest BCUT2D eigenvalue weighted by Crippen LogP contribution is 2.18. The van der Waals surface area contributed by atoms with Gasteiger partial charge in [0.1, 0.15) is 17.7 Å². The second-order valence-electron chi connectivity index (χ2n) is 7.56. The normalized spacial score (nSPS) is 19.7. The number of piperazine rings is 1. The standard InChI is InChI=1S/C22H28FN3O/c23-20-6-8-21(9-7-20)27-22-17-26(18-22)15-12-24-10-13-25(14-11-24)16-19-4-2-1-3-5-19/h1-9,22H,10-18H2. The van der Waals surface area contributed by atoms with Crippen molar-refractivity contribution in [1.29, 1.82) is 0 Å². The predicted octanol–water partition coefficient (Wildman–Crippen LogP) is 2.71. The van der Waals surface area contributed by atoms with E-state index in [1.165, 1.54) is 17.7 Å². The van der Waals surface area contributed by atoms with Gasteiger partial charge in [0, 0.05) is 58.9 Å². The molecule has 0 atom stereocenters. The lowest BCUT2D eigenvalue weighted by molar-refractivity contribution is 0.0105. The van der Waals surface area contributed by atoms with Gasteiger partial charge in [0.2, 0.25) is 0 Å². The summed E-state index contributed by atoms with van der Waals surface area (Å²) in [6.07, 6.45) is 0.234. The smallest absolute Gasteiger partial charge is 0.124 e. The first-order valence-corrected chi connectivity index (χ1v) is 9.88. The molecule has 4 nitrogen and oxygen atoms in total. The van der Waals surface area contributed by atoms with Crippen LogP contribution in [0.5, 0.6) is 5.75 Å². The molecule has 0 aliphatic carbocycles. The highest BCUT2D eigenvalue weighted by molar-refractivity contribution is 5.22. The molecule has 0 bridgehead atoms. The van der Waals surface area contributed by atoms with Crippen LogP contribution in [0, 0.1) is 5.82 Å². The minimum absolute atomic E-state index is 0.221. The first kappa shape index (κ1) is 18.4. The van der Waals surface area contributed by atoms with Crippen LogP contribution in [0.2, 0.25) is 0 Å². The van der Waals surface area contributed by atoms with Crippen molar-refractivity contribution in [1.82, 2.24) is 14.7 Å². The van der Waals surface area contributed by atoms with Crippen LogP contribution in [0.25, 0.3) is 0 Å². The highest BCUT2D eigenvalue weighted by atomic mass is 19.1. The molecule has 2 saturated heterocycles. The first-order valence-electron chi connectivity index (χ1n) is 9.88. The van der Waals surface area contributed by atoms with Crippen molar-refractivity contribution >= 4 is 0 Å². The van der Waals surface area contributed by atoms with E-state index in [4.69, 9.17) is 4.74 Å². The maximum Gasteiger partial charge on any atom is 0.124 e.